The lowest BCUT2D eigenvalue weighted by atomic mass is 10.00. The highest BCUT2D eigenvalue weighted by Crippen LogP contribution is 2.23. The van der Waals surface area contributed by atoms with Gasteiger partial charge in [0.1, 0.15) is 5.78 Å². The maximum absolute atomic E-state index is 11.1. The van der Waals surface area contributed by atoms with Crippen molar-refractivity contribution < 1.29 is 4.79 Å². The molecule has 0 spiro atoms. The smallest absolute Gasteiger partial charge is 0.135 e. The summed E-state index contributed by atoms with van der Waals surface area (Å²) >= 11 is 1.71. The Hall–Kier alpha value is -0.740. The number of hydrogen-bond donors (Lipinski definition) is 0. The Bertz CT molecular complexity index is 402. The van der Waals surface area contributed by atoms with Crippen molar-refractivity contribution in [1.29, 1.82) is 0 Å². The van der Waals surface area contributed by atoms with Gasteiger partial charge in [0.25, 0.3) is 0 Å². The minimum atomic E-state index is 0.220. The molecule has 1 aromatic heterocycles. The van der Waals surface area contributed by atoms with Gasteiger partial charge in [-0.1, -0.05) is 13.3 Å². The van der Waals surface area contributed by atoms with E-state index < -0.39 is 0 Å². The van der Waals surface area contributed by atoms with Crippen molar-refractivity contribution in [3.8, 4) is 0 Å². The third-order valence-electron chi connectivity index (χ3n) is 3.59. The van der Waals surface area contributed by atoms with Gasteiger partial charge in [-0.3, -0.25) is 4.79 Å². The SMILES string of the molecule is CCN1CCCCC1Cc1ncc(CC(C)=O)s1. The van der Waals surface area contributed by atoms with E-state index in [9.17, 15) is 4.79 Å². The minimum Gasteiger partial charge on any atom is -0.300 e. The summed E-state index contributed by atoms with van der Waals surface area (Å²) in [6, 6.07) is 0.653. The van der Waals surface area contributed by atoms with E-state index in [1.54, 1.807) is 18.3 Å². The van der Waals surface area contributed by atoms with Crippen LogP contribution in [0.25, 0.3) is 0 Å². The van der Waals surface area contributed by atoms with E-state index >= 15 is 0 Å². The highest BCUT2D eigenvalue weighted by Gasteiger charge is 2.22. The van der Waals surface area contributed by atoms with E-state index in [2.05, 4.69) is 16.8 Å². The number of rotatable bonds is 5. The normalized spacial score (nSPS) is 21.1. The molecule has 1 fully saturated rings. The first-order valence-corrected chi connectivity index (χ1v) is 7.67. The molecule has 0 N–H and O–H groups in total. The highest BCUT2D eigenvalue weighted by molar-refractivity contribution is 7.11. The molecule has 1 aromatic rings. The molecule has 4 heteroatoms. The van der Waals surface area contributed by atoms with Gasteiger partial charge >= 0.3 is 0 Å². The van der Waals surface area contributed by atoms with Gasteiger partial charge in [0, 0.05) is 30.0 Å². The summed E-state index contributed by atoms with van der Waals surface area (Å²) in [5, 5.41) is 1.19. The Morgan fingerprint density at radius 2 is 2.39 bits per heavy atom. The standard InChI is InChI=1S/C14H22N2OS/c1-3-16-7-5-4-6-12(16)9-14-15-10-13(18-14)8-11(2)17/h10,12H,3-9H2,1-2H3. The van der Waals surface area contributed by atoms with Gasteiger partial charge in [0.2, 0.25) is 0 Å². The number of aromatic nitrogens is 1. The van der Waals surface area contributed by atoms with Gasteiger partial charge in [-0.15, -0.1) is 11.3 Å². The maximum atomic E-state index is 11.1. The number of piperidine rings is 1. The molecular formula is C14H22N2OS. The molecule has 1 aliphatic heterocycles. The van der Waals surface area contributed by atoms with Gasteiger partial charge in [-0.2, -0.15) is 0 Å². The molecular weight excluding hydrogens is 244 g/mol. The summed E-state index contributed by atoms with van der Waals surface area (Å²) in [5.74, 6) is 0.220. The van der Waals surface area contributed by atoms with Crippen molar-refractivity contribution in [3.63, 3.8) is 0 Å². The maximum Gasteiger partial charge on any atom is 0.135 e. The Balaban J connectivity index is 1.95. The van der Waals surface area contributed by atoms with E-state index in [0.717, 1.165) is 17.8 Å². The van der Waals surface area contributed by atoms with Crippen molar-refractivity contribution in [3.05, 3.63) is 16.1 Å². The topological polar surface area (TPSA) is 33.2 Å². The van der Waals surface area contributed by atoms with Crippen molar-refractivity contribution in [1.82, 2.24) is 9.88 Å². The van der Waals surface area contributed by atoms with E-state index in [1.807, 2.05) is 6.20 Å². The fraction of sp³-hybridized carbons (Fsp3) is 0.714. The Labute approximate surface area is 113 Å². The largest absolute Gasteiger partial charge is 0.300 e. The second-order valence-electron chi connectivity index (χ2n) is 5.08. The molecule has 2 rings (SSSR count). The van der Waals surface area contributed by atoms with Crippen LogP contribution in [-0.4, -0.2) is 34.8 Å². The molecule has 1 unspecified atom stereocenters. The zero-order valence-corrected chi connectivity index (χ0v) is 12.1. The Morgan fingerprint density at radius 3 is 3.11 bits per heavy atom. The summed E-state index contributed by atoms with van der Waals surface area (Å²) in [5.41, 5.74) is 0. The quantitative estimate of drug-likeness (QED) is 0.821. The summed E-state index contributed by atoms with van der Waals surface area (Å²) in [7, 11) is 0. The van der Waals surface area contributed by atoms with Crippen LogP contribution >= 0.6 is 11.3 Å². The third kappa shape index (κ3) is 3.62. The molecule has 0 radical (unpaired) electrons. The van der Waals surface area contributed by atoms with Crippen molar-refractivity contribution >= 4 is 17.1 Å². The monoisotopic (exact) mass is 266 g/mol. The second-order valence-corrected chi connectivity index (χ2v) is 6.28. The number of Topliss-reactive ketones (excluding diaryl/α,β-unsaturated/α-hetero) is 1. The summed E-state index contributed by atoms with van der Waals surface area (Å²) in [6.45, 7) is 6.24. The van der Waals surface area contributed by atoms with E-state index in [4.69, 9.17) is 0 Å². The molecule has 100 valence electrons. The fourth-order valence-corrected chi connectivity index (χ4v) is 3.74. The van der Waals surface area contributed by atoms with Gasteiger partial charge in [0.15, 0.2) is 0 Å². The second kappa shape index (κ2) is 6.43. The average Bonchev–Trinajstić information content (AvgIpc) is 2.76. The van der Waals surface area contributed by atoms with E-state index in [0.29, 0.717) is 12.5 Å². The molecule has 2 heterocycles. The van der Waals surface area contributed by atoms with E-state index in [-0.39, 0.29) is 5.78 Å². The summed E-state index contributed by atoms with van der Waals surface area (Å²) in [4.78, 5) is 19.2. The number of carbonyl (C=O) groups excluding carboxylic acids is 1. The predicted molar refractivity (Wildman–Crippen MR) is 75.1 cm³/mol. The first-order chi connectivity index (χ1) is 8.69. The molecule has 0 saturated carbocycles. The molecule has 3 nitrogen and oxygen atoms in total. The molecule has 1 aliphatic rings. The zero-order valence-electron chi connectivity index (χ0n) is 11.3. The average molecular weight is 266 g/mol. The van der Waals surface area contributed by atoms with Crippen LogP contribution in [-0.2, 0) is 17.6 Å². The molecule has 18 heavy (non-hydrogen) atoms. The number of nitrogens with zero attached hydrogens (tertiary/aromatic N) is 2. The first kappa shape index (κ1) is 13.7. The van der Waals surface area contributed by atoms with Gasteiger partial charge in [-0.05, 0) is 32.9 Å². The van der Waals surface area contributed by atoms with Crippen molar-refractivity contribution in [2.75, 3.05) is 13.1 Å². The van der Waals surface area contributed by atoms with Crippen LogP contribution in [0, 0.1) is 0 Å². The van der Waals surface area contributed by atoms with Gasteiger partial charge in [-0.25, -0.2) is 4.98 Å². The van der Waals surface area contributed by atoms with Crippen LogP contribution in [0.2, 0.25) is 0 Å². The van der Waals surface area contributed by atoms with Crippen molar-refractivity contribution in [2.24, 2.45) is 0 Å². The lowest BCUT2D eigenvalue weighted by Gasteiger charge is -2.34. The lowest BCUT2D eigenvalue weighted by molar-refractivity contribution is -0.116. The Kier molecular flexibility index (Phi) is 4.89. The minimum absolute atomic E-state index is 0.220. The summed E-state index contributed by atoms with van der Waals surface area (Å²) < 4.78 is 0. The van der Waals surface area contributed by atoms with Crippen LogP contribution in [0.15, 0.2) is 6.20 Å². The van der Waals surface area contributed by atoms with Crippen LogP contribution in [0.5, 0.6) is 0 Å². The fourth-order valence-electron chi connectivity index (χ4n) is 2.68. The van der Waals surface area contributed by atoms with Gasteiger partial charge in [0.05, 0.1) is 5.01 Å². The number of thiazole rings is 1. The number of ketones is 1. The number of likely N-dealkylation sites (N-methyl/N-ethyl adjacent to an activating group) is 1. The van der Waals surface area contributed by atoms with Crippen molar-refractivity contribution in [2.45, 2.75) is 52.0 Å². The molecule has 1 saturated heterocycles. The van der Waals surface area contributed by atoms with Crippen LogP contribution < -0.4 is 0 Å². The van der Waals surface area contributed by atoms with Crippen LogP contribution in [0.3, 0.4) is 0 Å². The van der Waals surface area contributed by atoms with E-state index in [1.165, 1.54) is 30.8 Å². The van der Waals surface area contributed by atoms with Crippen LogP contribution in [0.4, 0.5) is 0 Å². The molecule has 0 aliphatic carbocycles. The summed E-state index contributed by atoms with van der Waals surface area (Å²) in [6.07, 6.45) is 7.43. The van der Waals surface area contributed by atoms with Gasteiger partial charge < -0.3 is 4.90 Å². The number of likely N-dealkylation sites (tertiary alicyclic amines) is 1. The predicted octanol–water partition coefficient (Wildman–Crippen LogP) is 2.69. The molecule has 0 bridgehead atoms. The highest BCUT2D eigenvalue weighted by atomic mass is 32.1. The molecule has 0 aromatic carbocycles. The molecule has 0 amide bonds. The number of hydrogen-bond acceptors (Lipinski definition) is 4. The first-order valence-electron chi connectivity index (χ1n) is 6.86. The van der Waals surface area contributed by atoms with Crippen LogP contribution in [0.1, 0.15) is 43.0 Å². The third-order valence-corrected chi connectivity index (χ3v) is 4.61. The number of carbonyl (C=O) groups is 1. The Morgan fingerprint density at radius 1 is 1.56 bits per heavy atom. The zero-order chi connectivity index (χ0) is 13.0. The lowest BCUT2D eigenvalue weighted by Crippen LogP contribution is -2.40. The molecule has 1 atom stereocenters.